The largest absolute Gasteiger partial charge is 0.507 e. The summed E-state index contributed by atoms with van der Waals surface area (Å²) in [5.74, 6) is -0.478. The Morgan fingerprint density at radius 1 is 1.24 bits per heavy atom. The Morgan fingerprint density at radius 2 is 2.00 bits per heavy atom. The number of hydrogen-bond donors (Lipinski definition) is 2. The third kappa shape index (κ3) is 3.95. The van der Waals surface area contributed by atoms with Gasteiger partial charge in [-0.25, -0.2) is 4.39 Å². The molecule has 0 aliphatic carbocycles. The first kappa shape index (κ1) is 15.3. The molecule has 0 heterocycles. The van der Waals surface area contributed by atoms with Gasteiger partial charge in [-0.15, -0.1) is 0 Å². The van der Waals surface area contributed by atoms with E-state index in [1.54, 1.807) is 13.2 Å². The van der Waals surface area contributed by atoms with E-state index in [1.165, 1.54) is 6.07 Å². The summed E-state index contributed by atoms with van der Waals surface area (Å²) < 4.78 is 18.2. The summed E-state index contributed by atoms with van der Waals surface area (Å²) >= 11 is 0. The monoisotopic (exact) mass is 289 g/mol. The van der Waals surface area contributed by atoms with Crippen LogP contribution in [-0.4, -0.2) is 18.8 Å². The van der Waals surface area contributed by atoms with Crippen LogP contribution in [0.3, 0.4) is 0 Å². The number of aromatic hydroxyl groups is 1. The Labute approximate surface area is 124 Å². The van der Waals surface area contributed by atoms with Gasteiger partial charge in [-0.2, -0.15) is 0 Å². The van der Waals surface area contributed by atoms with Crippen molar-refractivity contribution in [3.63, 3.8) is 0 Å². The fraction of sp³-hybridized carbons (Fsp3) is 0.294. The third-order valence-electron chi connectivity index (χ3n) is 3.42. The van der Waals surface area contributed by atoms with Crippen LogP contribution < -0.4 is 5.32 Å². The number of phenols is 1. The molecule has 2 N–H and O–H groups in total. The van der Waals surface area contributed by atoms with Crippen LogP contribution in [0.25, 0.3) is 0 Å². The minimum Gasteiger partial charge on any atom is -0.507 e. The minimum atomic E-state index is -0.441. The van der Waals surface area contributed by atoms with E-state index in [1.807, 2.05) is 31.2 Å². The maximum absolute atomic E-state index is 13.0. The lowest BCUT2D eigenvalue weighted by molar-refractivity contribution is 0.202. The lowest BCUT2D eigenvalue weighted by Gasteiger charge is -2.19. The van der Waals surface area contributed by atoms with E-state index in [2.05, 4.69) is 5.32 Å². The Bertz CT molecular complexity index is 601. The van der Waals surface area contributed by atoms with E-state index in [0.29, 0.717) is 12.2 Å². The highest BCUT2D eigenvalue weighted by Gasteiger charge is 2.12. The first-order valence-electron chi connectivity index (χ1n) is 6.93. The van der Waals surface area contributed by atoms with Crippen molar-refractivity contribution in [3.05, 3.63) is 59.4 Å². The molecule has 2 rings (SSSR count). The fourth-order valence-electron chi connectivity index (χ4n) is 2.29. The molecular weight excluding hydrogens is 269 g/mol. The van der Waals surface area contributed by atoms with Crippen LogP contribution in [0.2, 0.25) is 0 Å². The zero-order valence-corrected chi connectivity index (χ0v) is 12.3. The Kier molecular flexibility index (Phi) is 5.17. The van der Waals surface area contributed by atoms with Crippen LogP contribution in [0, 0.1) is 5.82 Å². The molecule has 112 valence electrons. The van der Waals surface area contributed by atoms with Crippen molar-refractivity contribution in [2.45, 2.75) is 19.4 Å². The number of ether oxygens (including phenoxy) is 1. The van der Waals surface area contributed by atoms with Gasteiger partial charge in [-0.05, 0) is 31.0 Å². The molecule has 4 heteroatoms. The molecular formula is C17H20FNO2. The number of rotatable bonds is 6. The molecule has 0 amide bonds. The van der Waals surface area contributed by atoms with Gasteiger partial charge >= 0.3 is 0 Å². The molecule has 0 saturated carbocycles. The number of benzene rings is 2. The molecule has 0 fully saturated rings. The smallest absolute Gasteiger partial charge is 0.126 e. The summed E-state index contributed by atoms with van der Waals surface area (Å²) in [4.78, 5) is 0. The average Bonchev–Trinajstić information content (AvgIpc) is 2.46. The van der Waals surface area contributed by atoms with Crippen molar-refractivity contribution in [1.29, 1.82) is 0 Å². The van der Waals surface area contributed by atoms with Crippen LogP contribution in [0.15, 0.2) is 42.5 Å². The van der Waals surface area contributed by atoms with E-state index in [0.717, 1.165) is 23.7 Å². The molecule has 21 heavy (non-hydrogen) atoms. The molecule has 1 atom stereocenters. The molecule has 0 aliphatic rings. The molecule has 0 radical (unpaired) electrons. The Hall–Kier alpha value is -2.07. The van der Waals surface area contributed by atoms with Gasteiger partial charge in [0.25, 0.3) is 0 Å². The van der Waals surface area contributed by atoms with Gasteiger partial charge in [0, 0.05) is 24.4 Å². The zero-order valence-electron chi connectivity index (χ0n) is 12.3. The quantitative estimate of drug-likeness (QED) is 0.847. The normalized spacial score (nSPS) is 12.1. The second-order valence-corrected chi connectivity index (χ2v) is 4.97. The summed E-state index contributed by atoms with van der Waals surface area (Å²) in [5.41, 5.74) is 2.80. The van der Waals surface area contributed by atoms with E-state index >= 15 is 0 Å². The van der Waals surface area contributed by atoms with E-state index < -0.39 is 5.82 Å². The van der Waals surface area contributed by atoms with Gasteiger partial charge in [0.15, 0.2) is 0 Å². The third-order valence-corrected chi connectivity index (χ3v) is 3.42. The van der Waals surface area contributed by atoms with Gasteiger partial charge in [0.1, 0.15) is 11.6 Å². The molecule has 2 aromatic carbocycles. The van der Waals surface area contributed by atoms with Gasteiger partial charge < -0.3 is 15.2 Å². The van der Waals surface area contributed by atoms with Crippen molar-refractivity contribution in [2.24, 2.45) is 0 Å². The Balaban J connectivity index is 2.17. The second-order valence-electron chi connectivity index (χ2n) is 4.97. The number of hydrogen-bond acceptors (Lipinski definition) is 3. The van der Waals surface area contributed by atoms with Crippen molar-refractivity contribution < 1.29 is 14.2 Å². The van der Waals surface area contributed by atoms with Gasteiger partial charge in [0.05, 0.1) is 12.6 Å². The van der Waals surface area contributed by atoms with Crippen molar-refractivity contribution in [2.75, 3.05) is 19.0 Å². The van der Waals surface area contributed by atoms with Gasteiger partial charge in [-0.3, -0.25) is 0 Å². The van der Waals surface area contributed by atoms with Crippen LogP contribution >= 0.6 is 0 Å². The van der Waals surface area contributed by atoms with Crippen molar-refractivity contribution >= 4 is 5.69 Å². The van der Waals surface area contributed by atoms with Crippen molar-refractivity contribution in [3.8, 4) is 5.75 Å². The van der Waals surface area contributed by atoms with Crippen LogP contribution in [0.4, 0.5) is 10.1 Å². The predicted molar refractivity (Wildman–Crippen MR) is 82.1 cm³/mol. The van der Waals surface area contributed by atoms with Crippen LogP contribution in [-0.2, 0) is 11.2 Å². The fourth-order valence-corrected chi connectivity index (χ4v) is 2.29. The van der Waals surface area contributed by atoms with Crippen molar-refractivity contribution in [1.82, 2.24) is 0 Å². The summed E-state index contributed by atoms with van der Waals surface area (Å²) in [6.07, 6.45) is 0.807. The highest BCUT2D eigenvalue weighted by molar-refractivity contribution is 5.53. The molecule has 1 unspecified atom stereocenters. The average molecular weight is 289 g/mol. The number of phenolic OH excluding ortho intramolecular Hbond substituents is 1. The number of para-hydroxylation sites is 1. The number of methoxy groups -OCH3 is 1. The summed E-state index contributed by atoms with van der Waals surface area (Å²) in [7, 11) is 1.68. The number of halogens is 1. The van der Waals surface area contributed by atoms with Crippen LogP contribution in [0.1, 0.15) is 24.1 Å². The molecule has 0 spiro atoms. The molecule has 0 aliphatic heterocycles. The SMILES string of the molecule is COCCc1ccccc1NC(C)c1ccc(F)cc1O. The lowest BCUT2D eigenvalue weighted by atomic mass is 10.0. The first-order chi connectivity index (χ1) is 10.1. The number of nitrogens with one attached hydrogen (secondary N) is 1. The maximum Gasteiger partial charge on any atom is 0.126 e. The van der Waals surface area contributed by atoms with E-state index in [4.69, 9.17) is 4.74 Å². The topological polar surface area (TPSA) is 41.5 Å². The summed E-state index contributed by atoms with van der Waals surface area (Å²) in [5, 5.41) is 13.2. The molecule has 3 nitrogen and oxygen atoms in total. The Morgan fingerprint density at radius 3 is 2.71 bits per heavy atom. The summed E-state index contributed by atoms with van der Waals surface area (Å²) in [6, 6.07) is 11.9. The molecule has 2 aromatic rings. The second kappa shape index (κ2) is 7.09. The zero-order chi connectivity index (χ0) is 15.2. The lowest BCUT2D eigenvalue weighted by Crippen LogP contribution is -2.09. The molecule has 0 bridgehead atoms. The van der Waals surface area contributed by atoms with E-state index in [-0.39, 0.29) is 11.8 Å². The predicted octanol–water partition coefficient (Wildman–Crippen LogP) is 3.89. The van der Waals surface area contributed by atoms with Gasteiger partial charge in [0.2, 0.25) is 0 Å². The minimum absolute atomic E-state index is 0.0376. The molecule has 0 saturated heterocycles. The first-order valence-corrected chi connectivity index (χ1v) is 6.93. The van der Waals surface area contributed by atoms with Crippen LogP contribution in [0.5, 0.6) is 5.75 Å². The standard InChI is InChI=1S/C17H20FNO2/c1-12(15-8-7-14(18)11-17(15)20)19-16-6-4-3-5-13(16)9-10-21-2/h3-8,11-12,19-20H,9-10H2,1-2H3. The highest BCUT2D eigenvalue weighted by atomic mass is 19.1. The highest BCUT2D eigenvalue weighted by Crippen LogP contribution is 2.28. The van der Waals surface area contributed by atoms with Gasteiger partial charge in [-0.1, -0.05) is 24.3 Å². The number of anilines is 1. The maximum atomic E-state index is 13.0. The van der Waals surface area contributed by atoms with E-state index in [9.17, 15) is 9.50 Å². The summed E-state index contributed by atoms with van der Waals surface area (Å²) in [6.45, 7) is 2.58. The molecule has 0 aromatic heterocycles.